The first-order chi connectivity index (χ1) is 11.3. The van der Waals surface area contributed by atoms with Gasteiger partial charge in [0, 0.05) is 21.9 Å². The molecule has 0 saturated heterocycles. The summed E-state index contributed by atoms with van der Waals surface area (Å²) < 4.78 is 4.85. The van der Waals surface area contributed by atoms with Gasteiger partial charge in [0.05, 0.1) is 18.3 Å². The van der Waals surface area contributed by atoms with Gasteiger partial charge < -0.3 is 9.72 Å². The molecule has 4 nitrogen and oxygen atoms in total. The van der Waals surface area contributed by atoms with Crippen LogP contribution in [0.2, 0.25) is 0 Å². The molecule has 5 heteroatoms. The van der Waals surface area contributed by atoms with Crippen LogP contribution in [-0.4, -0.2) is 23.0 Å². The van der Waals surface area contributed by atoms with E-state index in [2.05, 4.69) is 9.97 Å². The van der Waals surface area contributed by atoms with Gasteiger partial charge in [0.2, 0.25) is 0 Å². The molecule has 0 aliphatic carbocycles. The molecule has 0 spiro atoms. The van der Waals surface area contributed by atoms with E-state index in [1.807, 2.05) is 54.6 Å². The van der Waals surface area contributed by atoms with E-state index in [0.717, 1.165) is 33.1 Å². The number of pyridine rings is 1. The highest BCUT2D eigenvalue weighted by molar-refractivity contribution is 6.12. The van der Waals surface area contributed by atoms with Crippen molar-refractivity contribution >= 4 is 40.2 Å². The van der Waals surface area contributed by atoms with Crippen LogP contribution in [0.15, 0.2) is 60.7 Å². The lowest BCUT2D eigenvalue weighted by atomic mass is 10.1. The van der Waals surface area contributed by atoms with E-state index in [-0.39, 0.29) is 12.4 Å². The number of carbonyl (C=O) groups excluding carboxylic acids is 1. The smallest absolute Gasteiger partial charge is 0.356 e. The SMILES string of the molecule is COC(=O)c1cc2c([nH]c3ccccc32)c(-c2ccccc2)n1.Cl. The van der Waals surface area contributed by atoms with Crippen molar-refractivity contribution in [2.24, 2.45) is 0 Å². The fourth-order valence-electron chi connectivity index (χ4n) is 2.86. The van der Waals surface area contributed by atoms with Crippen molar-refractivity contribution in [3.63, 3.8) is 0 Å². The maximum atomic E-state index is 12.0. The summed E-state index contributed by atoms with van der Waals surface area (Å²) in [7, 11) is 1.37. The summed E-state index contributed by atoms with van der Waals surface area (Å²) in [4.78, 5) is 19.9. The van der Waals surface area contributed by atoms with Gasteiger partial charge in [0.15, 0.2) is 0 Å². The normalized spacial score (nSPS) is 10.5. The summed E-state index contributed by atoms with van der Waals surface area (Å²) in [5, 5.41) is 2.03. The lowest BCUT2D eigenvalue weighted by molar-refractivity contribution is 0.0594. The van der Waals surface area contributed by atoms with E-state index in [0.29, 0.717) is 5.69 Å². The molecule has 0 aliphatic heterocycles. The van der Waals surface area contributed by atoms with Gasteiger partial charge in [-0.2, -0.15) is 0 Å². The fraction of sp³-hybridized carbons (Fsp3) is 0.0526. The summed E-state index contributed by atoms with van der Waals surface area (Å²) in [5.74, 6) is -0.436. The van der Waals surface area contributed by atoms with Crippen molar-refractivity contribution in [2.75, 3.05) is 7.11 Å². The minimum absolute atomic E-state index is 0. The van der Waals surface area contributed by atoms with E-state index >= 15 is 0 Å². The van der Waals surface area contributed by atoms with Crippen LogP contribution in [0.1, 0.15) is 10.5 Å². The Morgan fingerprint density at radius 2 is 1.71 bits per heavy atom. The highest BCUT2D eigenvalue weighted by atomic mass is 35.5. The highest BCUT2D eigenvalue weighted by Crippen LogP contribution is 2.32. The summed E-state index contributed by atoms with van der Waals surface area (Å²) in [6.07, 6.45) is 0. The average molecular weight is 339 g/mol. The second-order valence-electron chi connectivity index (χ2n) is 5.31. The third-order valence-electron chi connectivity index (χ3n) is 3.94. The number of hydrogen-bond donors (Lipinski definition) is 1. The first-order valence-corrected chi connectivity index (χ1v) is 7.33. The van der Waals surface area contributed by atoms with Crippen LogP contribution in [0.4, 0.5) is 0 Å². The number of para-hydroxylation sites is 1. The van der Waals surface area contributed by atoms with Gasteiger partial charge in [-0.05, 0) is 12.1 Å². The van der Waals surface area contributed by atoms with Crippen molar-refractivity contribution < 1.29 is 9.53 Å². The zero-order valence-corrected chi connectivity index (χ0v) is 13.8. The van der Waals surface area contributed by atoms with Crippen LogP contribution >= 0.6 is 12.4 Å². The van der Waals surface area contributed by atoms with E-state index in [1.165, 1.54) is 7.11 Å². The van der Waals surface area contributed by atoms with Crippen LogP contribution in [0.3, 0.4) is 0 Å². The minimum Gasteiger partial charge on any atom is -0.464 e. The number of carbonyl (C=O) groups is 1. The molecule has 1 N–H and O–H groups in total. The van der Waals surface area contributed by atoms with Crippen molar-refractivity contribution in [1.29, 1.82) is 0 Å². The largest absolute Gasteiger partial charge is 0.464 e. The Hall–Kier alpha value is -2.85. The molecule has 0 bridgehead atoms. The monoisotopic (exact) mass is 338 g/mol. The van der Waals surface area contributed by atoms with Crippen molar-refractivity contribution in [3.05, 3.63) is 66.4 Å². The molecular weight excluding hydrogens is 324 g/mol. The Kier molecular flexibility index (Phi) is 4.23. The number of methoxy groups -OCH3 is 1. The van der Waals surface area contributed by atoms with Crippen LogP contribution in [0.25, 0.3) is 33.1 Å². The second kappa shape index (κ2) is 6.34. The Bertz CT molecular complexity index is 1030. The predicted molar refractivity (Wildman–Crippen MR) is 97.6 cm³/mol. The fourth-order valence-corrected chi connectivity index (χ4v) is 2.86. The molecule has 0 unspecified atom stereocenters. The molecule has 0 aliphatic rings. The van der Waals surface area contributed by atoms with E-state index in [9.17, 15) is 4.79 Å². The van der Waals surface area contributed by atoms with Crippen LogP contribution in [-0.2, 0) is 4.74 Å². The number of rotatable bonds is 2. The van der Waals surface area contributed by atoms with Gasteiger partial charge in [-0.1, -0.05) is 48.5 Å². The highest BCUT2D eigenvalue weighted by Gasteiger charge is 2.16. The number of nitrogens with zero attached hydrogens (tertiary/aromatic N) is 1. The second-order valence-corrected chi connectivity index (χ2v) is 5.31. The summed E-state index contributed by atoms with van der Waals surface area (Å²) in [5.41, 5.74) is 3.95. The van der Waals surface area contributed by atoms with Crippen molar-refractivity contribution in [3.8, 4) is 11.3 Å². The number of aromatic amines is 1. The molecule has 2 aromatic carbocycles. The number of benzene rings is 2. The third kappa shape index (κ3) is 2.51. The van der Waals surface area contributed by atoms with Gasteiger partial charge in [-0.15, -0.1) is 12.4 Å². The quantitative estimate of drug-likeness (QED) is 0.544. The lowest BCUT2D eigenvalue weighted by Crippen LogP contribution is -2.05. The molecule has 0 fully saturated rings. The Morgan fingerprint density at radius 1 is 1.00 bits per heavy atom. The van der Waals surface area contributed by atoms with Gasteiger partial charge in [-0.25, -0.2) is 9.78 Å². The maximum Gasteiger partial charge on any atom is 0.356 e. The van der Waals surface area contributed by atoms with E-state index in [1.54, 1.807) is 6.07 Å². The maximum absolute atomic E-state index is 12.0. The predicted octanol–water partition coefficient (Wildman–Crippen LogP) is 4.59. The van der Waals surface area contributed by atoms with E-state index in [4.69, 9.17) is 4.74 Å². The van der Waals surface area contributed by atoms with Gasteiger partial charge in [0.1, 0.15) is 5.69 Å². The number of esters is 1. The average Bonchev–Trinajstić information content (AvgIpc) is 2.99. The molecule has 120 valence electrons. The zero-order chi connectivity index (χ0) is 15.8. The molecular formula is C19H15ClN2O2. The van der Waals surface area contributed by atoms with Crippen LogP contribution in [0.5, 0.6) is 0 Å². The number of nitrogens with one attached hydrogen (secondary N) is 1. The van der Waals surface area contributed by atoms with Crippen LogP contribution < -0.4 is 0 Å². The van der Waals surface area contributed by atoms with Gasteiger partial charge in [0.25, 0.3) is 0 Å². The molecule has 4 rings (SSSR count). The standard InChI is InChI=1S/C19H14N2O2.ClH/c1-23-19(22)16-11-14-13-9-5-6-10-15(13)20-18(14)17(21-16)12-7-3-2-4-8-12;/h2-11,20H,1H3;1H. The molecule has 0 saturated carbocycles. The zero-order valence-electron chi connectivity index (χ0n) is 12.9. The first kappa shape index (κ1) is 16.0. The molecule has 0 atom stereocenters. The Balaban J connectivity index is 0.00000169. The molecule has 0 radical (unpaired) electrons. The lowest BCUT2D eigenvalue weighted by Gasteiger charge is -2.06. The number of fused-ring (bicyclic) bond motifs is 3. The minimum atomic E-state index is -0.436. The molecule has 24 heavy (non-hydrogen) atoms. The topological polar surface area (TPSA) is 55.0 Å². The van der Waals surface area contributed by atoms with Crippen molar-refractivity contribution in [2.45, 2.75) is 0 Å². The molecule has 0 amide bonds. The van der Waals surface area contributed by atoms with Gasteiger partial charge >= 0.3 is 5.97 Å². The van der Waals surface area contributed by atoms with Gasteiger partial charge in [-0.3, -0.25) is 0 Å². The molecule has 4 aromatic rings. The number of ether oxygens (including phenoxy) is 1. The Labute approximate surface area is 144 Å². The first-order valence-electron chi connectivity index (χ1n) is 7.33. The Morgan fingerprint density at radius 3 is 2.46 bits per heavy atom. The summed E-state index contributed by atoms with van der Waals surface area (Å²) >= 11 is 0. The number of aromatic nitrogens is 2. The third-order valence-corrected chi connectivity index (χ3v) is 3.94. The molecule has 2 heterocycles. The van der Waals surface area contributed by atoms with Crippen LogP contribution in [0, 0.1) is 0 Å². The van der Waals surface area contributed by atoms with E-state index < -0.39 is 5.97 Å². The number of H-pyrrole nitrogens is 1. The summed E-state index contributed by atoms with van der Waals surface area (Å²) in [6.45, 7) is 0. The molecule has 2 aromatic heterocycles. The van der Waals surface area contributed by atoms with Crippen molar-refractivity contribution in [1.82, 2.24) is 9.97 Å². The number of halogens is 1. The number of hydrogen-bond acceptors (Lipinski definition) is 3. The summed E-state index contributed by atoms with van der Waals surface area (Å²) in [6, 6.07) is 19.6.